The molecular formula is C32H44N2O3. The molecule has 2 heterocycles. The molecule has 1 aliphatic heterocycles. The van der Waals surface area contributed by atoms with Crippen LogP contribution in [0.25, 0.3) is 0 Å². The second-order valence-corrected chi connectivity index (χ2v) is 11.4. The molecule has 37 heavy (non-hydrogen) atoms. The van der Waals surface area contributed by atoms with Crippen LogP contribution in [0, 0.1) is 11.8 Å². The molecule has 1 aromatic carbocycles. The number of rotatable bonds is 11. The van der Waals surface area contributed by atoms with Gasteiger partial charge in [-0.15, -0.1) is 0 Å². The summed E-state index contributed by atoms with van der Waals surface area (Å²) in [5, 5.41) is 0. The van der Waals surface area contributed by atoms with Crippen molar-refractivity contribution in [3.05, 3.63) is 52.6 Å². The molecule has 2 aromatic rings. The fourth-order valence-electron chi connectivity index (χ4n) is 5.27. The van der Waals surface area contributed by atoms with Crippen molar-refractivity contribution in [1.82, 2.24) is 9.97 Å². The highest BCUT2D eigenvalue weighted by atomic mass is 16.5. The third-order valence-electron chi connectivity index (χ3n) is 6.87. The minimum Gasteiger partial charge on any atom is -0.488 e. The maximum Gasteiger partial charge on any atom is 0.305 e. The van der Waals surface area contributed by atoms with Gasteiger partial charge in [0.15, 0.2) is 0 Å². The van der Waals surface area contributed by atoms with E-state index in [2.05, 4.69) is 68.6 Å². The molecule has 0 bridgehead atoms. The molecule has 5 heteroatoms. The zero-order valence-corrected chi connectivity index (χ0v) is 23.7. The molecule has 3 rings (SSSR count). The highest BCUT2D eigenvalue weighted by Gasteiger charge is 2.39. The van der Waals surface area contributed by atoms with E-state index in [1.54, 1.807) is 12.4 Å². The molecule has 0 spiro atoms. The predicted octanol–water partition coefficient (Wildman–Crippen LogP) is 7.11. The lowest BCUT2D eigenvalue weighted by Crippen LogP contribution is -2.41. The van der Waals surface area contributed by atoms with Crippen molar-refractivity contribution in [1.29, 1.82) is 0 Å². The molecule has 0 amide bonds. The van der Waals surface area contributed by atoms with E-state index in [9.17, 15) is 4.79 Å². The number of hydrogen-bond acceptors (Lipinski definition) is 5. The molecule has 0 unspecified atom stereocenters. The first-order valence-corrected chi connectivity index (χ1v) is 14.0. The molecule has 0 saturated carbocycles. The summed E-state index contributed by atoms with van der Waals surface area (Å²) in [5.74, 6) is 8.39. The number of aromatic nitrogens is 2. The van der Waals surface area contributed by atoms with E-state index in [0.717, 1.165) is 61.2 Å². The van der Waals surface area contributed by atoms with Gasteiger partial charge < -0.3 is 9.47 Å². The number of aryl methyl sites for hydroxylation is 2. The molecule has 5 nitrogen and oxygen atoms in total. The zero-order valence-electron chi connectivity index (χ0n) is 23.7. The SMILES string of the molecule is CCCCCCc1cc2c(cc1C#Cc1cnc(CCCCC(=O)OCC)nc1)C(C)(C)CC(C)(C)O2. The maximum atomic E-state index is 11.5. The molecular weight excluding hydrogens is 460 g/mol. The van der Waals surface area contributed by atoms with Gasteiger partial charge in [0, 0.05) is 36.4 Å². The molecule has 0 fully saturated rings. The van der Waals surface area contributed by atoms with Crippen LogP contribution in [-0.4, -0.2) is 28.1 Å². The van der Waals surface area contributed by atoms with Crippen molar-refractivity contribution in [3.8, 4) is 17.6 Å². The Labute approximate surface area is 223 Å². The van der Waals surface area contributed by atoms with Gasteiger partial charge in [-0.1, -0.05) is 51.9 Å². The van der Waals surface area contributed by atoms with Crippen LogP contribution in [0.5, 0.6) is 5.75 Å². The van der Waals surface area contributed by atoms with Crippen molar-refractivity contribution in [3.63, 3.8) is 0 Å². The highest BCUT2D eigenvalue weighted by Crippen LogP contribution is 2.45. The Morgan fingerprint density at radius 2 is 1.70 bits per heavy atom. The first kappa shape index (κ1) is 28.7. The Hall–Kier alpha value is -2.87. The first-order chi connectivity index (χ1) is 17.6. The lowest BCUT2D eigenvalue weighted by atomic mass is 9.73. The standard InChI is InChI=1S/C32H44N2O3/c1-7-9-10-11-14-25-20-28-27(31(3,4)23-32(5,6)37-28)19-26(25)18-17-24-21-33-29(34-22-24)15-12-13-16-30(35)36-8-2/h19-22H,7-16,23H2,1-6H3. The topological polar surface area (TPSA) is 61.3 Å². The maximum absolute atomic E-state index is 11.5. The number of carbonyl (C=O) groups excluding carboxylic acids is 1. The van der Waals surface area contributed by atoms with Gasteiger partial charge in [-0.3, -0.25) is 4.79 Å². The minimum absolute atomic E-state index is 0.0201. The highest BCUT2D eigenvalue weighted by molar-refractivity contribution is 5.69. The fourth-order valence-corrected chi connectivity index (χ4v) is 5.27. The number of hydrogen-bond donors (Lipinski definition) is 0. The Kier molecular flexibility index (Phi) is 10.1. The summed E-state index contributed by atoms with van der Waals surface area (Å²) in [4.78, 5) is 20.5. The van der Waals surface area contributed by atoms with E-state index in [1.807, 2.05) is 6.92 Å². The van der Waals surface area contributed by atoms with Crippen LogP contribution in [0.4, 0.5) is 0 Å². The van der Waals surface area contributed by atoms with E-state index in [-0.39, 0.29) is 17.0 Å². The van der Waals surface area contributed by atoms with Gasteiger partial charge in [0.1, 0.15) is 17.2 Å². The van der Waals surface area contributed by atoms with Crippen LogP contribution < -0.4 is 4.74 Å². The predicted molar refractivity (Wildman–Crippen MR) is 149 cm³/mol. The minimum atomic E-state index is -0.179. The largest absolute Gasteiger partial charge is 0.488 e. The third kappa shape index (κ3) is 8.59. The summed E-state index contributed by atoms with van der Waals surface area (Å²) in [5.41, 5.74) is 4.22. The van der Waals surface area contributed by atoms with E-state index >= 15 is 0 Å². The molecule has 1 aromatic heterocycles. The molecule has 0 radical (unpaired) electrons. The van der Waals surface area contributed by atoms with Crippen LogP contribution >= 0.6 is 0 Å². The molecule has 200 valence electrons. The average molecular weight is 505 g/mol. The van der Waals surface area contributed by atoms with Crippen molar-refractivity contribution in [2.45, 2.75) is 117 Å². The van der Waals surface area contributed by atoms with Crippen LogP contribution in [-0.2, 0) is 27.8 Å². The Morgan fingerprint density at radius 1 is 0.973 bits per heavy atom. The normalized spacial score (nSPS) is 15.2. The smallest absolute Gasteiger partial charge is 0.305 e. The zero-order chi connectivity index (χ0) is 26.9. The van der Waals surface area contributed by atoms with E-state index in [1.165, 1.54) is 30.4 Å². The van der Waals surface area contributed by atoms with Crippen LogP contribution in [0.2, 0.25) is 0 Å². The number of unbranched alkanes of at least 4 members (excludes halogenated alkanes) is 4. The number of nitrogens with zero attached hydrogens (tertiary/aromatic N) is 2. The summed E-state index contributed by atoms with van der Waals surface area (Å²) in [6.07, 6.45) is 13.3. The van der Waals surface area contributed by atoms with Gasteiger partial charge in [0.25, 0.3) is 0 Å². The number of carbonyl (C=O) groups is 1. The van der Waals surface area contributed by atoms with Crippen LogP contribution in [0.1, 0.15) is 121 Å². The summed E-state index contributed by atoms with van der Waals surface area (Å²) in [6, 6.07) is 4.50. The molecule has 0 saturated heterocycles. The fraction of sp³-hybridized carbons (Fsp3) is 0.594. The van der Waals surface area contributed by atoms with E-state index in [0.29, 0.717) is 13.0 Å². The van der Waals surface area contributed by atoms with E-state index in [4.69, 9.17) is 9.47 Å². The van der Waals surface area contributed by atoms with Crippen LogP contribution in [0.3, 0.4) is 0 Å². The molecule has 1 aliphatic rings. The third-order valence-corrected chi connectivity index (χ3v) is 6.87. The first-order valence-electron chi connectivity index (χ1n) is 14.0. The number of fused-ring (bicyclic) bond motifs is 1. The monoisotopic (exact) mass is 504 g/mol. The Bertz CT molecular complexity index is 1110. The van der Waals surface area contributed by atoms with E-state index < -0.39 is 0 Å². The van der Waals surface area contributed by atoms with Gasteiger partial charge in [-0.2, -0.15) is 0 Å². The van der Waals surface area contributed by atoms with Crippen molar-refractivity contribution in [2.24, 2.45) is 0 Å². The van der Waals surface area contributed by atoms with Crippen molar-refractivity contribution >= 4 is 5.97 Å². The average Bonchev–Trinajstić information content (AvgIpc) is 2.83. The summed E-state index contributed by atoms with van der Waals surface area (Å²) in [7, 11) is 0. The summed E-state index contributed by atoms with van der Waals surface area (Å²) < 4.78 is 11.4. The number of benzene rings is 1. The molecule has 0 N–H and O–H groups in total. The lowest BCUT2D eigenvalue weighted by Gasteiger charge is -2.42. The molecule has 0 aliphatic carbocycles. The lowest BCUT2D eigenvalue weighted by molar-refractivity contribution is -0.143. The van der Waals surface area contributed by atoms with Gasteiger partial charge in [0.05, 0.1) is 12.2 Å². The Morgan fingerprint density at radius 3 is 2.41 bits per heavy atom. The summed E-state index contributed by atoms with van der Waals surface area (Å²) >= 11 is 0. The number of ether oxygens (including phenoxy) is 2. The van der Waals surface area contributed by atoms with Crippen LogP contribution in [0.15, 0.2) is 24.5 Å². The second kappa shape index (κ2) is 13.1. The van der Waals surface area contributed by atoms with Gasteiger partial charge in [-0.25, -0.2) is 9.97 Å². The quantitative estimate of drug-likeness (QED) is 0.185. The van der Waals surface area contributed by atoms with Gasteiger partial charge in [0.2, 0.25) is 0 Å². The van der Waals surface area contributed by atoms with Gasteiger partial charge in [-0.05, 0) is 76.0 Å². The molecule has 0 atom stereocenters. The Balaban J connectivity index is 1.75. The van der Waals surface area contributed by atoms with Crippen molar-refractivity contribution in [2.75, 3.05) is 6.61 Å². The van der Waals surface area contributed by atoms with Crippen molar-refractivity contribution < 1.29 is 14.3 Å². The summed E-state index contributed by atoms with van der Waals surface area (Å²) in [6.45, 7) is 13.4. The van der Waals surface area contributed by atoms with Gasteiger partial charge >= 0.3 is 5.97 Å². The number of esters is 1. The second-order valence-electron chi connectivity index (χ2n) is 11.4.